The van der Waals surface area contributed by atoms with Crippen molar-refractivity contribution in [3.63, 3.8) is 0 Å². The van der Waals surface area contributed by atoms with Gasteiger partial charge in [-0.1, -0.05) is 20.8 Å². The molecular weight excluding hydrogens is 138 g/mol. The van der Waals surface area contributed by atoms with Crippen molar-refractivity contribution in [2.24, 2.45) is 5.92 Å². The Balaban J connectivity index is 0.000000461. The number of hydrogen-bond acceptors (Lipinski definition) is 2. The average molecular weight is 159 g/mol. The molecule has 1 aliphatic heterocycles. The molecule has 0 aromatic heterocycles. The van der Waals surface area contributed by atoms with Gasteiger partial charge in [0.1, 0.15) is 0 Å². The van der Waals surface area contributed by atoms with Crippen LogP contribution in [0.3, 0.4) is 0 Å². The Hall–Kier alpha value is -0.0800. The lowest BCUT2D eigenvalue weighted by molar-refractivity contribution is 0.160. The summed E-state index contributed by atoms with van der Waals surface area (Å²) in [5, 5.41) is 3.38. The van der Waals surface area contributed by atoms with Gasteiger partial charge in [-0.15, -0.1) is 0 Å². The molecule has 1 aliphatic rings. The van der Waals surface area contributed by atoms with E-state index in [2.05, 4.69) is 12.2 Å². The standard InChI is InChI=1S/C7H15NO.C2H6/c1-6-3-4-8-7(6)5-9-2;1-2/h6-8H,3-5H2,1-2H3;1-2H3. The fourth-order valence-electron chi connectivity index (χ4n) is 1.30. The van der Waals surface area contributed by atoms with Crippen LogP contribution in [0.5, 0.6) is 0 Å². The van der Waals surface area contributed by atoms with Gasteiger partial charge in [0.2, 0.25) is 0 Å². The molecule has 2 atom stereocenters. The summed E-state index contributed by atoms with van der Waals surface area (Å²) >= 11 is 0. The van der Waals surface area contributed by atoms with Gasteiger partial charge in [-0.3, -0.25) is 0 Å². The average Bonchev–Trinajstić information content (AvgIpc) is 2.42. The molecule has 0 aromatic carbocycles. The van der Waals surface area contributed by atoms with E-state index in [4.69, 9.17) is 4.74 Å². The van der Waals surface area contributed by atoms with E-state index < -0.39 is 0 Å². The molecule has 0 aliphatic carbocycles. The number of methoxy groups -OCH3 is 1. The highest BCUT2D eigenvalue weighted by Crippen LogP contribution is 2.13. The van der Waals surface area contributed by atoms with Gasteiger partial charge >= 0.3 is 0 Å². The van der Waals surface area contributed by atoms with Crippen LogP contribution < -0.4 is 5.32 Å². The molecule has 1 heterocycles. The molecule has 0 spiro atoms. The van der Waals surface area contributed by atoms with E-state index in [0.717, 1.165) is 19.1 Å². The van der Waals surface area contributed by atoms with E-state index in [-0.39, 0.29) is 0 Å². The zero-order valence-corrected chi connectivity index (χ0v) is 8.18. The fourth-order valence-corrected chi connectivity index (χ4v) is 1.30. The number of hydrogen-bond donors (Lipinski definition) is 1. The van der Waals surface area contributed by atoms with E-state index in [9.17, 15) is 0 Å². The zero-order valence-electron chi connectivity index (χ0n) is 8.18. The molecule has 0 amide bonds. The van der Waals surface area contributed by atoms with E-state index in [1.165, 1.54) is 6.42 Å². The van der Waals surface area contributed by atoms with E-state index >= 15 is 0 Å². The smallest absolute Gasteiger partial charge is 0.0618 e. The second-order valence-electron chi connectivity index (χ2n) is 2.78. The molecular formula is C9H21NO. The molecule has 2 unspecified atom stereocenters. The van der Waals surface area contributed by atoms with Gasteiger partial charge in [0.05, 0.1) is 6.61 Å². The Labute approximate surface area is 70.3 Å². The molecule has 1 fully saturated rings. The van der Waals surface area contributed by atoms with Crippen LogP contribution in [-0.2, 0) is 4.74 Å². The van der Waals surface area contributed by atoms with Crippen molar-refractivity contribution in [3.05, 3.63) is 0 Å². The largest absolute Gasteiger partial charge is 0.383 e. The van der Waals surface area contributed by atoms with E-state index in [1.807, 2.05) is 13.8 Å². The first-order chi connectivity index (χ1) is 5.34. The number of nitrogens with one attached hydrogen (secondary N) is 1. The molecule has 0 radical (unpaired) electrons. The lowest BCUT2D eigenvalue weighted by Crippen LogP contribution is -2.30. The second kappa shape index (κ2) is 6.62. The van der Waals surface area contributed by atoms with Gasteiger partial charge in [-0.25, -0.2) is 0 Å². The minimum atomic E-state index is 0.606. The maximum Gasteiger partial charge on any atom is 0.0618 e. The maximum atomic E-state index is 5.03. The molecule has 11 heavy (non-hydrogen) atoms. The number of ether oxygens (including phenoxy) is 1. The minimum Gasteiger partial charge on any atom is -0.383 e. The predicted molar refractivity (Wildman–Crippen MR) is 48.8 cm³/mol. The summed E-state index contributed by atoms with van der Waals surface area (Å²) in [7, 11) is 1.76. The Bertz CT molecular complexity index is 85.6. The van der Waals surface area contributed by atoms with Gasteiger partial charge < -0.3 is 10.1 Å². The maximum absolute atomic E-state index is 5.03. The molecule has 0 aromatic rings. The quantitative estimate of drug-likeness (QED) is 0.661. The zero-order chi connectivity index (χ0) is 8.69. The third-order valence-corrected chi connectivity index (χ3v) is 2.04. The van der Waals surface area contributed by atoms with Crippen molar-refractivity contribution >= 4 is 0 Å². The molecule has 68 valence electrons. The third kappa shape index (κ3) is 3.73. The Morgan fingerprint density at radius 1 is 1.45 bits per heavy atom. The Kier molecular flexibility index (Phi) is 6.57. The number of rotatable bonds is 2. The molecule has 1 rings (SSSR count). The summed E-state index contributed by atoms with van der Waals surface area (Å²) in [6, 6.07) is 0.606. The van der Waals surface area contributed by atoms with Crippen LogP contribution in [0.25, 0.3) is 0 Å². The highest BCUT2D eigenvalue weighted by atomic mass is 16.5. The normalized spacial score (nSPS) is 29.5. The predicted octanol–water partition coefficient (Wildman–Crippen LogP) is 1.66. The van der Waals surface area contributed by atoms with Gasteiger partial charge in [-0.05, 0) is 18.9 Å². The summed E-state index contributed by atoms with van der Waals surface area (Å²) < 4.78 is 5.03. The summed E-state index contributed by atoms with van der Waals surface area (Å²) in [6.07, 6.45) is 1.30. The van der Waals surface area contributed by atoms with Crippen LogP contribution in [0.15, 0.2) is 0 Å². The lowest BCUT2D eigenvalue weighted by Gasteiger charge is -2.13. The summed E-state index contributed by atoms with van der Waals surface area (Å²) in [6.45, 7) is 8.29. The monoisotopic (exact) mass is 159 g/mol. The van der Waals surface area contributed by atoms with Crippen molar-refractivity contribution in [2.75, 3.05) is 20.3 Å². The van der Waals surface area contributed by atoms with Crippen molar-refractivity contribution in [2.45, 2.75) is 33.2 Å². The first-order valence-electron chi connectivity index (χ1n) is 4.57. The highest BCUT2D eigenvalue weighted by molar-refractivity contribution is 4.79. The second-order valence-corrected chi connectivity index (χ2v) is 2.78. The van der Waals surface area contributed by atoms with Gasteiger partial charge in [-0.2, -0.15) is 0 Å². The topological polar surface area (TPSA) is 21.3 Å². The van der Waals surface area contributed by atoms with Crippen molar-refractivity contribution in [1.82, 2.24) is 5.32 Å². The van der Waals surface area contributed by atoms with E-state index in [1.54, 1.807) is 7.11 Å². The Morgan fingerprint density at radius 2 is 2.09 bits per heavy atom. The summed E-state index contributed by atoms with van der Waals surface area (Å²) in [5.41, 5.74) is 0. The molecule has 2 nitrogen and oxygen atoms in total. The van der Waals surface area contributed by atoms with Crippen molar-refractivity contribution in [3.8, 4) is 0 Å². The van der Waals surface area contributed by atoms with Crippen LogP contribution in [0.1, 0.15) is 27.2 Å². The molecule has 0 bridgehead atoms. The van der Waals surface area contributed by atoms with Gasteiger partial charge in [0.15, 0.2) is 0 Å². The van der Waals surface area contributed by atoms with E-state index in [0.29, 0.717) is 6.04 Å². The first kappa shape index (κ1) is 10.9. The first-order valence-corrected chi connectivity index (χ1v) is 4.57. The molecule has 2 heteroatoms. The molecule has 0 saturated carbocycles. The Morgan fingerprint density at radius 3 is 2.45 bits per heavy atom. The van der Waals surface area contributed by atoms with Crippen LogP contribution in [-0.4, -0.2) is 26.3 Å². The minimum absolute atomic E-state index is 0.606. The van der Waals surface area contributed by atoms with Crippen LogP contribution in [0.4, 0.5) is 0 Å². The lowest BCUT2D eigenvalue weighted by atomic mass is 10.0. The van der Waals surface area contributed by atoms with Gasteiger partial charge in [0, 0.05) is 13.2 Å². The fraction of sp³-hybridized carbons (Fsp3) is 1.00. The third-order valence-electron chi connectivity index (χ3n) is 2.04. The van der Waals surface area contributed by atoms with Crippen LogP contribution in [0.2, 0.25) is 0 Å². The SMILES string of the molecule is CC.COCC1NCCC1C. The van der Waals surface area contributed by atoms with Crippen molar-refractivity contribution in [1.29, 1.82) is 0 Å². The summed E-state index contributed by atoms with van der Waals surface area (Å²) in [5.74, 6) is 0.796. The summed E-state index contributed by atoms with van der Waals surface area (Å²) in [4.78, 5) is 0. The van der Waals surface area contributed by atoms with Gasteiger partial charge in [0.25, 0.3) is 0 Å². The molecule has 1 N–H and O–H groups in total. The van der Waals surface area contributed by atoms with Crippen LogP contribution in [0, 0.1) is 5.92 Å². The molecule has 1 saturated heterocycles. The highest BCUT2D eigenvalue weighted by Gasteiger charge is 2.21. The van der Waals surface area contributed by atoms with Crippen LogP contribution >= 0.6 is 0 Å². The van der Waals surface area contributed by atoms with Crippen molar-refractivity contribution < 1.29 is 4.74 Å².